The molecule has 1 fully saturated rings. The molecule has 26 heavy (non-hydrogen) atoms. The van der Waals surface area contributed by atoms with Crippen molar-refractivity contribution in [2.45, 2.75) is 45.4 Å². The van der Waals surface area contributed by atoms with Crippen LogP contribution in [0, 0.1) is 11.8 Å². The fraction of sp³-hybridized carbons (Fsp3) is 0.619. The van der Waals surface area contributed by atoms with Crippen molar-refractivity contribution in [1.29, 1.82) is 0 Å². The topological polar surface area (TPSA) is 61.4 Å². The summed E-state index contributed by atoms with van der Waals surface area (Å²) in [6, 6.07) is 8.57. The number of hydrogen-bond donors (Lipinski definition) is 2. The third kappa shape index (κ3) is 4.99. The first-order valence-electron chi connectivity index (χ1n) is 10.0. The van der Waals surface area contributed by atoms with Crippen molar-refractivity contribution in [1.82, 2.24) is 15.5 Å². The minimum atomic E-state index is -0.104. The molecule has 1 aromatic carbocycles. The maximum absolute atomic E-state index is 12.1. The maximum atomic E-state index is 12.1. The molecule has 1 saturated heterocycles. The number of rotatable bonds is 6. The Bertz CT molecular complexity index is 604. The second kappa shape index (κ2) is 9.06. The molecule has 0 spiro atoms. The highest BCUT2D eigenvalue weighted by Crippen LogP contribution is 2.24. The molecule has 5 nitrogen and oxygen atoms in total. The van der Waals surface area contributed by atoms with Crippen LogP contribution in [0.1, 0.15) is 43.7 Å². The van der Waals surface area contributed by atoms with Crippen LogP contribution in [0.25, 0.3) is 0 Å². The van der Waals surface area contributed by atoms with E-state index < -0.39 is 0 Å². The molecule has 0 aromatic heterocycles. The summed E-state index contributed by atoms with van der Waals surface area (Å²) in [6.45, 7) is 4.98. The summed E-state index contributed by atoms with van der Waals surface area (Å²) in [5.74, 6) is 0.991. The van der Waals surface area contributed by atoms with Crippen LogP contribution in [-0.2, 0) is 17.6 Å². The van der Waals surface area contributed by atoms with Crippen LogP contribution < -0.4 is 10.6 Å². The predicted octanol–water partition coefficient (Wildman–Crippen LogP) is 2.74. The average molecular weight is 357 g/mol. The smallest absolute Gasteiger partial charge is 0.314 e. The van der Waals surface area contributed by atoms with Crippen molar-refractivity contribution in [3.8, 4) is 0 Å². The number of nitrogens with one attached hydrogen (secondary N) is 2. The first-order chi connectivity index (χ1) is 12.7. The number of urea groups is 1. The van der Waals surface area contributed by atoms with Gasteiger partial charge in [0.15, 0.2) is 0 Å². The number of amides is 3. The van der Waals surface area contributed by atoms with Gasteiger partial charge in [0.1, 0.15) is 0 Å². The van der Waals surface area contributed by atoms with Gasteiger partial charge in [-0.15, -0.1) is 0 Å². The number of likely N-dealkylation sites (tertiary alicyclic amines) is 1. The largest absolute Gasteiger partial charge is 0.342 e. The van der Waals surface area contributed by atoms with E-state index in [0.29, 0.717) is 18.9 Å². The Morgan fingerprint density at radius 1 is 1.08 bits per heavy atom. The Morgan fingerprint density at radius 3 is 2.31 bits per heavy atom. The van der Waals surface area contributed by atoms with Crippen LogP contribution in [-0.4, -0.2) is 43.0 Å². The van der Waals surface area contributed by atoms with E-state index in [-0.39, 0.29) is 17.9 Å². The molecule has 1 aliphatic carbocycles. The highest BCUT2D eigenvalue weighted by atomic mass is 16.2. The zero-order valence-electron chi connectivity index (χ0n) is 15.8. The van der Waals surface area contributed by atoms with E-state index in [1.165, 1.54) is 11.1 Å². The number of carbonyl (C=O) groups is 2. The maximum Gasteiger partial charge on any atom is 0.314 e. The lowest BCUT2D eigenvalue weighted by Crippen LogP contribution is -2.40. The van der Waals surface area contributed by atoms with Crippen molar-refractivity contribution < 1.29 is 9.59 Å². The molecule has 2 aliphatic rings. The first kappa shape index (κ1) is 18.7. The summed E-state index contributed by atoms with van der Waals surface area (Å²) in [6.07, 6.45) is 5.99. The van der Waals surface area contributed by atoms with Crippen LogP contribution >= 0.6 is 0 Å². The molecule has 1 aliphatic heterocycles. The molecule has 1 heterocycles. The zero-order valence-corrected chi connectivity index (χ0v) is 15.8. The van der Waals surface area contributed by atoms with Crippen molar-refractivity contribution >= 4 is 11.9 Å². The number of benzene rings is 1. The van der Waals surface area contributed by atoms with Gasteiger partial charge in [0.05, 0.1) is 0 Å². The molecular formula is C21H31N3O2. The quantitative estimate of drug-likeness (QED) is 0.769. The van der Waals surface area contributed by atoms with Gasteiger partial charge in [0.2, 0.25) is 5.91 Å². The third-order valence-electron chi connectivity index (χ3n) is 5.65. The molecule has 0 radical (unpaired) electrons. The van der Waals surface area contributed by atoms with Gasteiger partial charge in [-0.2, -0.15) is 0 Å². The van der Waals surface area contributed by atoms with Crippen LogP contribution in [0.4, 0.5) is 4.79 Å². The SMILES string of the molecule is CCCN1CC(CNC(=O)NCC2CCc3ccccc3CC2)CC1=O. The van der Waals surface area contributed by atoms with Gasteiger partial charge in [-0.25, -0.2) is 4.79 Å². The first-order valence-corrected chi connectivity index (χ1v) is 10.0. The number of nitrogens with zero attached hydrogens (tertiary/aromatic N) is 1. The summed E-state index contributed by atoms with van der Waals surface area (Å²) in [7, 11) is 0. The lowest BCUT2D eigenvalue weighted by Gasteiger charge is -2.17. The number of fused-ring (bicyclic) bond motifs is 1. The van der Waals surface area contributed by atoms with E-state index in [1.54, 1.807) is 0 Å². The van der Waals surface area contributed by atoms with E-state index in [2.05, 4.69) is 41.8 Å². The fourth-order valence-electron chi connectivity index (χ4n) is 4.13. The molecule has 3 amide bonds. The standard InChI is InChI=1S/C21H31N3O2/c1-2-11-24-15-17(12-20(24)25)14-23-21(26)22-13-16-7-9-18-5-3-4-6-19(18)10-8-16/h3-6,16-17H,2,7-15H2,1H3,(H2,22,23,26). The van der Waals surface area contributed by atoms with Crippen molar-refractivity contribution in [3.63, 3.8) is 0 Å². The van der Waals surface area contributed by atoms with Gasteiger partial charge in [-0.1, -0.05) is 31.2 Å². The minimum absolute atomic E-state index is 0.104. The van der Waals surface area contributed by atoms with Crippen molar-refractivity contribution in [2.75, 3.05) is 26.2 Å². The molecule has 142 valence electrons. The molecule has 1 unspecified atom stereocenters. The molecule has 1 atom stereocenters. The lowest BCUT2D eigenvalue weighted by atomic mass is 10.00. The fourth-order valence-corrected chi connectivity index (χ4v) is 4.13. The second-order valence-electron chi connectivity index (χ2n) is 7.71. The molecule has 0 bridgehead atoms. The highest BCUT2D eigenvalue weighted by Gasteiger charge is 2.28. The van der Waals surface area contributed by atoms with Gasteiger partial charge in [0.25, 0.3) is 0 Å². The second-order valence-corrected chi connectivity index (χ2v) is 7.71. The summed E-state index contributed by atoms with van der Waals surface area (Å²) < 4.78 is 0. The molecule has 5 heteroatoms. The van der Waals surface area contributed by atoms with Gasteiger partial charge in [-0.3, -0.25) is 4.79 Å². The van der Waals surface area contributed by atoms with Crippen LogP contribution in [0.3, 0.4) is 0 Å². The Kier molecular flexibility index (Phi) is 6.53. The molecule has 3 rings (SSSR count). The summed E-state index contributed by atoms with van der Waals surface area (Å²) in [5.41, 5.74) is 2.92. The highest BCUT2D eigenvalue weighted by molar-refractivity contribution is 5.79. The van der Waals surface area contributed by atoms with Crippen molar-refractivity contribution in [2.24, 2.45) is 11.8 Å². The number of aryl methyl sites for hydroxylation is 2. The lowest BCUT2D eigenvalue weighted by molar-refractivity contribution is -0.127. The van der Waals surface area contributed by atoms with Gasteiger partial charge < -0.3 is 15.5 Å². The number of hydrogen-bond acceptors (Lipinski definition) is 2. The summed E-state index contributed by atoms with van der Waals surface area (Å²) in [4.78, 5) is 25.9. The van der Waals surface area contributed by atoms with Crippen LogP contribution in [0.15, 0.2) is 24.3 Å². The van der Waals surface area contributed by atoms with E-state index in [4.69, 9.17) is 0 Å². The Hall–Kier alpha value is -2.04. The average Bonchev–Trinajstić information content (AvgIpc) is 2.87. The molecular weight excluding hydrogens is 326 g/mol. The van der Waals surface area contributed by atoms with Gasteiger partial charge in [-0.05, 0) is 49.1 Å². The Labute approximate surface area is 156 Å². The zero-order chi connectivity index (χ0) is 18.4. The minimum Gasteiger partial charge on any atom is -0.342 e. The van der Waals surface area contributed by atoms with Gasteiger partial charge in [0, 0.05) is 38.5 Å². The molecule has 0 saturated carbocycles. The summed E-state index contributed by atoms with van der Waals surface area (Å²) in [5, 5.41) is 5.98. The Morgan fingerprint density at radius 2 is 1.69 bits per heavy atom. The third-order valence-corrected chi connectivity index (χ3v) is 5.65. The monoisotopic (exact) mass is 357 g/mol. The number of carbonyl (C=O) groups excluding carboxylic acids is 2. The van der Waals surface area contributed by atoms with Gasteiger partial charge >= 0.3 is 6.03 Å². The Balaban J connectivity index is 1.35. The molecule has 2 N–H and O–H groups in total. The van der Waals surface area contributed by atoms with E-state index in [1.807, 2.05) is 4.90 Å². The van der Waals surface area contributed by atoms with Crippen molar-refractivity contribution in [3.05, 3.63) is 35.4 Å². The van der Waals surface area contributed by atoms with Crippen LogP contribution in [0.5, 0.6) is 0 Å². The van der Waals surface area contributed by atoms with E-state index in [0.717, 1.165) is 51.7 Å². The van der Waals surface area contributed by atoms with E-state index >= 15 is 0 Å². The molecule has 1 aromatic rings. The normalized spacial score (nSPS) is 20.6. The summed E-state index contributed by atoms with van der Waals surface area (Å²) >= 11 is 0. The predicted molar refractivity (Wildman–Crippen MR) is 103 cm³/mol. The van der Waals surface area contributed by atoms with E-state index in [9.17, 15) is 9.59 Å². The van der Waals surface area contributed by atoms with Crippen LogP contribution in [0.2, 0.25) is 0 Å².